The van der Waals surface area contributed by atoms with E-state index in [0.717, 1.165) is 37.1 Å². The van der Waals surface area contributed by atoms with Crippen LogP contribution in [0.3, 0.4) is 0 Å². The maximum absolute atomic E-state index is 13.5. The van der Waals surface area contributed by atoms with Gasteiger partial charge in [0.25, 0.3) is 11.5 Å². The van der Waals surface area contributed by atoms with Gasteiger partial charge in [0.2, 0.25) is 0 Å². The van der Waals surface area contributed by atoms with Crippen LogP contribution in [0.4, 0.5) is 5.82 Å². The molecule has 2 aliphatic heterocycles. The Kier molecular flexibility index (Phi) is 7.51. The number of rotatable bonds is 4. The van der Waals surface area contributed by atoms with Crippen molar-refractivity contribution in [2.24, 2.45) is 0 Å². The van der Waals surface area contributed by atoms with Gasteiger partial charge in [0.05, 0.1) is 17.1 Å². The van der Waals surface area contributed by atoms with E-state index in [9.17, 15) is 14.9 Å². The highest BCUT2D eigenvalue weighted by atomic mass is 32.2. The summed E-state index contributed by atoms with van der Waals surface area (Å²) in [6.45, 7) is 9.40. The minimum atomic E-state index is -0.295. The molecule has 2 unspecified atom stereocenters. The average molecular weight is 501 g/mol. The Balaban J connectivity index is 1.84. The van der Waals surface area contributed by atoms with E-state index in [2.05, 4.69) is 11.0 Å². The first-order valence-electron chi connectivity index (χ1n) is 12.1. The van der Waals surface area contributed by atoms with Gasteiger partial charge in [-0.15, -0.1) is 0 Å². The topological polar surface area (TPSA) is 78.6 Å². The van der Waals surface area contributed by atoms with Crippen molar-refractivity contribution in [3.05, 3.63) is 31.9 Å². The van der Waals surface area contributed by atoms with Gasteiger partial charge in [-0.05, 0) is 52.2 Å². The Morgan fingerprint density at radius 2 is 1.82 bits per heavy atom. The summed E-state index contributed by atoms with van der Waals surface area (Å²) in [6, 6.07) is 2.26. The van der Waals surface area contributed by atoms with Crippen LogP contribution in [0.15, 0.2) is 9.70 Å². The summed E-state index contributed by atoms with van der Waals surface area (Å²) in [6.07, 6.45) is 7.24. The van der Waals surface area contributed by atoms with Gasteiger partial charge in [-0.2, -0.15) is 5.26 Å². The van der Waals surface area contributed by atoms with Gasteiger partial charge in [0.15, 0.2) is 0 Å². The van der Waals surface area contributed by atoms with Crippen molar-refractivity contribution in [1.29, 1.82) is 5.26 Å². The molecule has 0 spiro atoms. The van der Waals surface area contributed by atoms with Gasteiger partial charge >= 0.3 is 0 Å². The highest BCUT2D eigenvalue weighted by Crippen LogP contribution is 2.39. The lowest BCUT2D eigenvalue weighted by molar-refractivity contribution is -0.124. The maximum atomic E-state index is 13.5. The van der Waals surface area contributed by atoms with Crippen LogP contribution in [0.25, 0.3) is 6.08 Å². The standard InChI is InChI=1S/C25H32N4O3S2/c1-5-28-22(27-13-15(2)32-16(3)14-27)19(17(4)20(12-26)23(28)30)11-21-24(31)29(25(33)34-21)18-9-7-6-8-10-18/h11,15-16,18H,5-10,13-14H2,1-4H3. The number of nitrogens with zero attached hydrogens (tertiary/aromatic N) is 4. The van der Waals surface area contributed by atoms with E-state index in [1.165, 1.54) is 18.2 Å². The second-order valence-corrected chi connectivity index (χ2v) is 11.1. The number of aromatic nitrogens is 1. The van der Waals surface area contributed by atoms with E-state index >= 15 is 0 Å². The number of hydrogen-bond donors (Lipinski definition) is 0. The van der Waals surface area contributed by atoms with Crippen molar-refractivity contribution in [3.8, 4) is 6.07 Å². The number of thioether (sulfide) groups is 1. The minimum Gasteiger partial charge on any atom is -0.372 e. The van der Waals surface area contributed by atoms with Crippen molar-refractivity contribution in [1.82, 2.24) is 9.47 Å². The Hall–Kier alpha value is -2.15. The molecule has 9 heteroatoms. The van der Waals surface area contributed by atoms with Crippen molar-refractivity contribution in [2.45, 2.75) is 84.6 Å². The second kappa shape index (κ2) is 10.2. The Labute approximate surface area is 210 Å². The van der Waals surface area contributed by atoms with E-state index in [0.29, 0.717) is 34.4 Å². The fourth-order valence-electron chi connectivity index (χ4n) is 5.39. The predicted octanol–water partition coefficient (Wildman–Crippen LogP) is 4.20. The fourth-order valence-corrected chi connectivity index (χ4v) is 6.78. The lowest BCUT2D eigenvalue weighted by atomic mass is 9.94. The third kappa shape index (κ3) is 4.56. The Morgan fingerprint density at radius 3 is 2.41 bits per heavy atom. The lowest BCUT2D eigenvalue weighted by Crippen LogP contribution is -2.48. The molecule has 182 valence electrons. The summed E-state index contributed by atoms with van der Waals surface area (Å²) < 4.78 is 8.18. The second-order valence-electron chi connectivity index (χ2n) is 9.40. The van der Waals surface area contributed by atoms with Crippen LogP contribution in [0.1, 0.15) is 69.6 Å². The number of nitriles is 1. The first kappa shape index (κ1) is 25.0. The zero-order valence-electron chi connectivity index (χ0n) is 20.3. The molecule has 0 aromatic carbocycles. The molecule has 1 aromatic heterocycles. The minimum absolute atomic E-state index is 0.00234. The molecule has 3 fully saturated rings. The monoisotopic (exact) mass is 500 g/mol. The van der Waals surface area contributed by atoms with Gasteiger partial charge < -0.3 is 9.64 Å². The molecule has 1 amide bonds. The number of amides is 1. The number of thiocarbonyl (C=S) groups is 1. The zero-order chi connectivity index (χ0) is 24.6. The van der Waals surface area contributed by atoms with Gasteiger partial charge in [0, 0.05) is 31.2 Å². The van der Waals surface area contributed by atoms with E-state index in [4.69, 9.17) is 17.0 Å². The summed E-state index contributed by atoms with van der Waals surface area (Å²) in [5.74, 6) is 0.678. The largest absolute Gasteiger partial charge is 0.372 e. The third-order valence-electron chi connectivity index (χ3n) is 6.92. The number of morpholine rings is 1. The van der Waals surface area contributed by atoms with Crippen LogP contribution in [0.2, 0.25) is 0 Å². The SMILES string of the molecule is CCn1c(N2CC(C)OC(C)C2)c(C=C2SC(=S)N(C3CCCCC3)C2=O)c(C)c(C#N)c1=O. The van der Waals surface area contributed by atoms with Crippen LogP contribution in [0, 0.1) is 18.3 Å². The van der Waals surface area contributed by atoms with Crippen LogP contribution >= 0.6 is 24.0 Å². The van der Waals surface area contributed by atoms with Crippen molar-refractivity contribution >= 4 is 46.1 Å². The summed E-state index contributed by atoms with van der Waals surface area (Å²) in [5.41, 5.74) is 1.16. The Morgan fingerprint density at radius 1 is 1.18 bits per heavy atom. The molecule has 3 heterocycles. The first-order valence-corrected chi connectivity index (χ1v) is 13.3. The molecule has 1 saturated carbocycles. The summed E-state index contributed by atoms with van der Waals surface area (Å²) in [4.78, 5) is 31.2. The molecule has 0 bridgehead atoms. The summed E-state index contributed by atoms with van der Waals surface area (Å²) in [5, 5.41) is 9.78. The molecule has 1 aliphatic carbocycles. The van der Waals surface area contributed by atoms with Crippen molar-refractivity contribution in [2.75, 3.05) is 18.0 Å². The van der Waals surface area contributed by atoms with Crippen LogP contribution < -0.4 is 10.5 Å². The molecule has 2 saturated heterocycles. The van der Waals surface area contributed by atoms with Crippen LogP contribution in [0.5, 0.6) is 0 Å². The van der Waals surface area contributed by atoms with Crippen molar-refractivity contribution in [3.63, 3.8) is 0 Å². The number of hydrogen-bond acceptors (Lipinski definition) is 7. The number of carbonyl (C=O) groups excluding carboxylic acids is 1. The van der Waals surface area contributed by atoms with Crippen molar-refractivity contribution < 1.29 is 9.53 Å². The highest BCUT2D eigenvalue weighted by Gasteiger charge is 2.38. The smallest absolute Gasteiger partial charge is 0.270 e. The highest BCUT2D eigenvalue weighted by molar-refractivity contribution is 8.26. The van der Waals surface area contributed by atoms with E-state index in [1.54, 1.807) is 16.4 Å². The van der Waals surface area contributed by atoms with Gasteiger partial charge in [-0.1, -0.05) is 43.2 Å². The van der Waals surface area contributed by atoms with Gasteiger partial charge in [-0.3, -0.25) is 19.1 Å². The number of pyridine rings is 1. The van der Waals surface area contributed by atoms with E-state index in [1.807, 2.05) is 26.8 Å². The zero-order valence-corrected chi connectivity index (χ0v) is 21.9. The predicted molar refractivity (Wildman–Crippen MR) is 140 cm³/mol. The molecule has 3 aliphatic rings. The average Bonchev–Trinajstić information content (AvgIpc) is 3.08. The molecular formula is C25H32N4O3S2. The van der Waals surface area contributed by atoms with Gasteiger partial charge in [0.1, 0.15) is 21.8 Å². The maximum Gasteiger partial charge on any atom is 0.270 e. The molecular weight excluding hydrogens is 468 g/mol. The molecule has 7 nitrogen and oxygen atoms in total. The van der Waals surface area contributed by atoms with E-state index in [-0.39, 0.29) is 35.3 Å². The number of ether oxygens (including phenoxy) is 1. The summed E-state index contributed by atoms with van der Waals surface area (Å²) in [7, 11) is 0. The lowest BCUT2D eigenvalue weighted by Gasteiger charge is -2.39. The third-order valence-corrected chi connectivity index (χ3v) is 8.25. The van der Waals surface area contributed by atoms with Crippen LogP contribution in [-0.2, 0) is 16.1 Å². The molecule has 0 radical (unpaired) electrons. The molecule has 4 rings (SSSR count). The molecule has 34 heavy (non-hydrogen) atoms. The quantitative estimate of drug-likeness (QED) is 0.453. The van der Waals surface area contributed by atoms with Crippen LogP contribution in [-0.4, -0.2) is 51.0 Å². The van der Waals surface area contributed by atoms with E-state index < -0.39 is 0 Å². The normalized spacial score (nSPS) is 25.3. The molecule has 0 N–H and O–H groups in total. The summed E-state index contributed by atoms with van der Waals surface area (Å²) >= 11 is 6.95. The Bertz CT molecular complexity index is 1120. The first-order chi connectivity index (χ1) is 16.3. The number of carbonyl (C=O) groups is 1. The molecule has 1 aromatic rings. The molecule has 2 atom stereocenters. The van der Waals surface area contributed by atoms with Gasteiger partial charge in [-0.25, -0.2) is 0 Å². The fraction of sp³-hybridized carbons (Fsp3) is 0.600. The number of anilines is 1.